The second-order valence-corrected chi connectivity index (χ2v) is 7.89. The Bertz CT molecular complexity index is 1050. The fourth-order valence-electron chi connectivity index (χ4n) is 2.89. The molecular weight excluding hydrogens is 362 g/mol. The van der Waals surface area contributed by atoms with Gasteiger partial charge in [-0.05, 0) is 36.4 Å². The van der Waals surface area contributed by atoms with Crippen LogP contribution in [0.3, 0.4) is 0 Å². The van der Waals surface area contributed by atoms with Gasteiger partial charge in [-0.2, -0.15) is 4.31 Å². The summed E-state index contributed by atoms with van der Waals surface area (Å²) < 4.78 is 26.4. The lowest BCUT2D eigenvalue weighted by Crippen LogP contribution is -2.30. The van der Waals surface area contributed by atoms with Gasteiger partial charge in [0.25, 0.3) is 5.91 Å². The highest BCUT2D eigenvalue weighted by Crippen LogP contribution is 2.22. The molecule has 7 heteroatoms. The average Bonchev–Trinajstić information content (AvgIpc) is 2.69. The lowest BCUT2D eigenvalue weighted by Gasteiger charge is -2.18. The quantitative estimate of drug-likeness (QED) is 0.706. The summed E-state index contributed by atoms with van der Waals surface area (Å²) in [5.41, 5.74) is 1.69. The van der Waals surface area contributed by atoms with Crippen molar-refractivity contribution >= 4 is 32.5 Å². The minimum Gasteiger partial charge on any atom is -0.320 e. The van der Waals surface area contributed by atoms with Crippen molar-refractivity contribution in [1.82, 2.24) is 9.29 Å². The van der Waals surface area contributed by atoms with E-state index < -0.39 is 10.0 Å². The first kappa shape index (κ1) is 19.0. The van der Waals surface area contributed by atoms with Gasteiger partial charge in [-0.15, -0.1) is 0 Å². The van der Waals surface area contributed by atoms with Crippen molar-refractivity contribution in [2.75, 3.05) is 18.4 Å². The van der Waals surface area contributed by atoms with E-state index in [0.717, 1.165) is 5.39 Å². The zero-order valence-electron chi connectivity index (χ0n) is 15.2. The first-order valence-corrected chi connectivity index (χ1v) is 10.2. The van der Waals surface area contributed by atoms with Crippen LogP contribution in [0.1, 0.15) is 24.2 Å². The molecule has 3 rings (SSSR count). The lowest BCUT2D eigenvalue weighted by atomic mass is 10.1. The minimum atomic E-state index is -3.54. The molecule has 1 aromatic heterocycles. The van der Waals surface area contributed by atoms with Crippen LogP contribution < -0.4 is 5.32 Å². The summed E-state index contributed by atoms with van der Waals surface area (Å²) in [7, 11) is -3.54. The van der Waals surface area contributed by atoms with Crippen LogP contribution in [0.5, 0.6) is 0 Å². The van der Waals surface area contributed by atoms with Crippen molar-refractivity contribution < 1.29 is 13.2 Å². The van der Waals surface area contributed by atoms with Crippen LogP contribution in [-0.4, -0.2) is 36.7 Å². The van der Waals surface area contributed by atoms with E-state index in [0.29, 0.717) is 29.9 Å². The maximum absolute atomic E-state index is 12.6. The maximum Gasteiger partial charge on any atom is 0.255 e. The van der Waals surface area contributed by atoms with Gasteiger partial charge in [0.05, 0.1) is 16.1 Å². The Balaban J connectivity index is 1.84. The molecule has 3 aromatic rings. The van der Waals surface area contributed by atoms with Crippen LogP contribution in [0.4, 0.5) is 5.69 Å². The van der Waals surface area contributed by atoms with Gasteiger partial charge in [0.1, 0.15) is 0 Å². The summed E-state index contributed by atoms with van der Waals surface area (Å²) in [6, 6.07) is 15.3. The molecule has 0 atom stereocenters. The largest absolute Gasteiger partial charge is 0.320 e. The number of pyridine rings is 1. The predicted octanol–water partition coefficient (Wildman–Crippen LogP) is 3.52. The summed E-state index contributed by atoms with van der Waals surface area (Å²) in [6.07, 6.45) is 1.67. The first-order valence-electron chi connectivity index (χ1n) is 8.72. The number of hydrogen-bond donors (Lipinski definition) is 1. The van der Waals surface area contributed by atoms with Gasteiger partial charge in [-0.25, -0.2) is 8.42 Å². The van der Waals surface area contributed by atoms with E-state index in [2.05, 4.69) is 10.3 Å². The van der Waals surface area contributed by atoms with Gasteiger partial charge in [-0.1, -0.05) is 32.0 Å². The number of amides is 1. The van der Waals surface area contributed by atoms with Gasteiger partial charge < -0.3 is 5.32 Å². The highest BCUT2D eigenvalue weighted by atomic mass is 32.2. The Morgan fingerprint density at radius 3 is 2.33 bits per heavy atom. The number of rotatable bonds is 6. The molecule has 0 saturated carbocycles. The number of sulfonamides is 1. The van der Waals surface area contributed by atoms with Crippen molar-refractivity contribution in [3.8, 4) is 0 Å². The number of benzene rings is 2. The van der Waals surface area contributed by atoms with Crippen molar-refractivity contribution in [3.05, 3.63) is 66.4 Å². The number of anilines is 1. The number of para-hydroxylation sites is 1. The fourth-order valence-corrected chi connectivity index (χ4v) is 4.35. The molecule has 1 heterocycles. The van der Waals surface area contributed by atoms with Crippen LogP contribution >= 0.6 is 0 Å². The average molecular weight is 383 g/mol. The summed E-state index contributed by atoms with van der Waals surface area (Å²) in [4.78, 5) is 17.1. The van der Waals surface area contributed by atoms with Crippen molar-refractivity contribution in [1.29, 1.82) is 0 Å². The molecule has 0 radical (unpaired) electrons. The van der Waals surface area contributed by atoms with Crippen LogP contribution in [0.25, 0.3) is 10.9 Å². The molecule has 1 amide bonds. The highest BCUT2D eigenvalue weighted by molar-refractivity contribution is 7.89. The van der Waals surface area contributed by atoms with E-state index in [4.69, 9.17) is 0 Å². The molecule has 6 nitrogen and oxygen atoms in total. The van der Waals surface area contributed by atoms with Gasteiger partial charge >= 0.3 is 0 Å². The predicted molar refractivity (Wildman–Crippen MR) is 106 cm³/mol. The molecule has 0 unspecified atom stereocenters. The monoisotopic (exact) mass is 383 g/mol. The number of aromatic nitrogens is 1. The molecule has 0 aliphatic heterocycles. The zero-order chi connectivity index (χ0) is 19.4. The van der Waals surface area contributed by atoms with Crippen LogP contribution in [0.15, 0.2) is 65.7 Å². The number of carbonyl (C=O) groups excluding carboxylic acids is 1. The third kappa shape index (κ3) is 3.84. The third-order valence-corrected chi connectivity index (χ3v) is 6.40. The molecular formula is C20H21N3O3S. The standard InChI is InChI=1S/C20H21N3O3S/c1-3-23(4-2)27(25,26)17-12-10-16(11-13-17)20(24)22-18-9-5-7-15-8-6-14-21-19(15)18/h5-14H,3-4H2,1-2H3,(H,22,24). The van der Waals surface area contributed by atoms with Gasteiger partial charge in [0.15, 0.2) is 0 Å². The molecule has 0 fully saturated rings. The van der Waals surface area contributed by atoms with E-state index in [9.17, 15) is 13.2 Å². The second kappa shape index (κ2) is 7.85. The van der Waals surface area contributed by atoms with Crippen molar-refractivity contribution in [3.63, 3.8) is 0 Å². The van der Waals surface area contributed by atoms with Crippen LogP contribution in [0.2, 0.25) is 0 Å². The molecule has 140 valence electrons. The second-order valence-electron chi connectivity index (χ2n) is 5.95. The minimum absolute atomic E-state index is 0.176. The SMILES string of the molecule is CCN(CC)S(=O)(=O)c1ccc(C(=O)Nc2cccc3cccnc23)cc1. The topological polar surface area (TPSA) is 79.4 Å². The number of hydrogen-bond acceptors (Lipinski definition) is 4. The molecule has 0 aliphatic carbocycles. The highest BCUT2D eigenvalue weighted by Gasteiger charge is 2.21. The zero-order valence-corrected chi connectivity index (χ0v) is 16.0. The first-order chi connectivity index (χ1) is 13.0. The number of carbonyl (C=O) groups is 1. The Hall–Kier alpha value is -2.77. The normalized spacial score (nSPS) is 11.7. The Kier molecular flexibility index (Phi) is 5.53. The molecule has 0 saturated heterocycles. The molecule has 1 N–H and O–H groups in total. The van der Waals surface area contributed by atoms with Crippen LogP contribution in [0, 0.1) is 0 Å². The smallest absolute Gasteiger partial charge is 0.255 e. The van der Waals surface area contributed by atoms with E-state index >= 15 is 0 Å². The summed E-state index contributed by atoms with van der Waals surface area (Å²) in [5, 5.41) is 3.77. The maximum atomic E-state index is 12.6. The van der Waals surface area contributed by atoms with E-state index in [1.54, 1.807) is 26.1 Å². The summed E-state index contributed by atoms with van der Waals surface area (Å²) in [5.74, 6) is -0.319. The third-order valence-electron chi connectivity index (χ3n) is 4.34. The molecule has 0 aliphatic rings. The molecule has 2 aromatic carbocycles. The van der Waals surface area contributed by atoms with Gasteiger partial charge in [0, 0.05) is 30.2 Å². The number of fused-ring (bicyclic) bond motifs is 1. The number of nitrogens with zero attached hydrogens (tertiary/aromatic N) is 2. The molecule has 0 bridgehead atoms. The summed E-state index contributed by atoms with van der Waals surface area (Å²) in [6.45, 7) is 4.38. The van der Waals surface area contributed by atoms with E-state index in [-0.39, 0.29) is 10.8 Å². The Morgan fingerprint density at radius 2 is 1.67 bits per heavy atom. The molecule has 0 spiro atoms. The van der Waals surface area contributed by atoms with Crippen LogP contribution in [-0.2, 0) is 10.0 Å². The van der Waals surface area contributed by atoms with Crippen molar-refractivity contribution in [2.45, 2.75) is 18.7 Å². The lowest BCUT2D eigenvalue weighted by molar-refractivity contribution is 0.102. The van der Waals surface area contributed by atoms with Gasteiger partial charge in [-0.3, -0.25) is 9.78 Å². The van der Waals surface area contributed by atoms with E-state index in [1.807, 2.05) is 24.3 Å². The van der Waals surface area contributed by atoms with E-state index in [1.165, 1.54) is 28.6 Å². The summed E-state index contributed by atoms with van der Waals surface area (Å²) >= 11 is 0. The fraction of sp³-hybridized carbons (Fsp3) is 0.200. The Labute approximate surface area is 158 Å². The molecule has 27 heavy (non-hydrogen) atoms. The Morgan fingerprint density at radius 1 is 1.00 bits per heavy atom. The van der Waals surface area contributed by atoms with Crippen molar-refractivity contribution in [2.24, 2.45) is 0 Å². The number of nitrogens with one attached hydrogen (secondary N) is 1. The van der Waals surface area contributed by atoms with Gasteiger partial charge in [0.2, 0.25) is 10.0 Å².